The minimum Gasteiger partial charge on any atom is -0.378 e. The number of carbonyl (C=O) groups excluding carboxylic acids is 2. The van der Waals surface area contributed by atoms with Crippen molar-refractivity contribution in [2.45, 2.75) is 19.8 Å². The van der Waals surface area contributed by atoms with Crippen LogP contribution in [0.5, 0.6) is 0 Å². The summed E-state index contributed by atoms with van der Waals surface area (Å²) in [5, 5.41) is 16.9. The quantitative estimate of drug-likeness (QED) is 0.579. The molecule has 0 spiro atoms. The summed E-state index contributed by atoms with van der Waals surface area (Å²) < 4.78 is 5.39. The van der Waals surface area contributed by atoms with Gasteiger partial charge in [-0.2, -0.15) is 5.26 Å². The van der Waals surface area contributed by atoms with Crippen LogP contribution in [0.4, 0.5) is 5.13 Å². The zero-order valence-corrected chi connectivity index (χ0v) is 18.4. The third-order valence-electron chi connectivity index (χ3n) is 5.04. The maximum Gasteiger partial charge on any atom is 0.251 e. The molecule has 2 amide bonds. The first-order chi connectivity index (χ1) is 15.1. The van der Waals surface area contributed by atoms with Gasteiger partial charge in [-0.1, -0.05) is 19.1 Å². The number of carbonyl (C=O) groups is 2. The van der Waals surface area contributed by atoms with Gasteiger partial charge in [0.15, 0.2) is 5.13 Å². The molecule has 0 aliphatic carbocycles. The van der Waals surface area contributed by atoms with Gasteiger partial charge >= 0.3 is 0 Å². The Morgan fingerprint density at radius 1 is 1.26 bits per heavy atom. The normalized spacial score (nSPS) is 14.5. The zero-order valence-electron chi connectivity index (χ0n) is 17.6. The summed E-state index contributed by atoms with van der Waals surface area (Å²) in [4.78, 5) is 31.0. The number of anilines is 1. The SMILES string of the molecule is CC(CCNC(=O)c1ccc(-c2csc(N3CCOCC3)n2)cc1)CC(=O)NCC#N. The lowest BCUT2D eigenvalue weighted by atomic mass is 10.0. The molecule has 9 heteroatoms. The molecule has 2 N–H and O–H groups in total. The fraction of sp³-hybridized carbons (Fsp3) is 0.455. The smallest absolute Gasteiger partial charge is 0.251 e. The summed E-state index contributed by atoms with van der Waals surface area (Å²) in [7, 11) is 0. The number of benzene rings is 1. The Morgan fingerprint density at radius 3 is 2.71 bits per heavy atom. The number of nitrogens with zero attached hydrogens (tertiary/aromatic N) is 3. The van der Waals surface area contributed by atoms with Gasteiger partial charge in [-0.25, -0.2) is 4.98 Å². The molecule has 2 heterocycles. The second-order valence-electron chi connectivity index (χ2n) is 7.48. The van der Waals surface area contributed by atoms with E-state index in [-0.39, 0.29) is 24.3 Å². The van der Waals surface area contributed by atoms with E-state index in [4.69, 9.17) is 15.0 Å². The predicted octanol–water partition coefficient (Wildman–Crippen LogP) is 2.43. The molecule has 1 aromatic carbocycles. The molecule has 31 heavy (non-hydrogen) atoms. The zero-order chi connectivity index (χ0) is 22.1. The topological polar surface area (TPSA) is 107 Å². The van der Waals surface area contributed by atoms with E-state index >= 15 is 0 Å². The van der Waals surface area contributed by atoms with Gasteiger partial charge in [0.2, 0.25) is 5.91 Å². The van der Waals surface area contributed by atoms with Crippen LogP contribution < -0.4 is 15.5 Å². The lowest BCUT2D eigenvalue weighted by molar-refractivity contribution is -0.121. The van der Waals surface area contributed by atoms with Gasteiger partial charge in [0.1, 0.15) is 6.54 Å². The molecule has 0 bridgehead atoms. The number of aromatic nitrogens is 1. The summed E-state index contributed by atoms with van der Waals surface area (Å²) in [6, 6.07) is 9.31. The number of morpholine rings is 1. The van der Waals surface area contributed by atoms with Crippen molar-refractivity contribution in [1.29, 1.82) is 5.26 Å². The van der Waals surface area contributed by atoms with E-state index in [2.05, 4.69) is 15.5 Å². The van der Waals surface area contributed by atoms with Gasteiger partial charge in [0.05, 0.1) is 25.0 Å². The van der Waals surface area contributed by atoms with Crippen molar-refractivity contribution < 1.29 is 14.3 Å². The summed E-state index contributed by atoms with van der Waals surface area (Å²) >= 11 is 1.62. The molecule has 1 aromatic heterocycles. The van der Waals surface area contributed by atoms with Crippen molar-refractivity contribution in [3.63, 3.8) is 0 Å². The first-order valence-electron chi connectivity index (χ1n) is 10.4. The number of amides is 2. The average molecular weight is 442 g/mol. The fourth-order valence-corrected chi connectivity index (χ4v) is 4.14. The molecule has 1 saturated heterocycles. The van der Waals surface area contributed by atoms with E-state index in [0.29, 0.717) is 24.9 Å². The number of hydrogen-bond acceptors (Lipinski definition) is 7. The number of ether oxygens (including phenoxy) is 1. The standard InChI is InChI=1S/C22H27N5O3S/c1-16(14-20(28)24-9-7-23)6-8-25-21(29)18-4-2-17(3-5-18)19-15-31-22(26-19)27-10-12-30-13-11-27/h2-5,15-16H,6,8-14H2,1H3,(H,24,28)(H,25,29). The lowest BCUT2D eigenvalue weighted by Crippen LogP contribution is -2.36. The van der Waals surface area contributed by atoms with E-state index in [0.717, 1.165) is 42.7 Å². The summed E-state index contributed by atoms with van der Waals surface area (Å²) in [6.07, 6.45) is 1.03. The molecular formula is C22H27N5O3S. The van der Waals surface area contributed by atoms with Crippen LogP contribution in [0.2, 0.25) is 0 Å². The van der Waals surface area contributed by atoms with Crippen molar-refractivity contribution in [2.24, 2.45) is 5.92 Å². The van der Waals surface area contributed by atoms with Crippen LogP contribution in [-0.2, 0) is 9.53 Å². The fourth-order valence-electron chi connectivity index (χ4n) is 3.25. The monoisotopic (exact) mass is 441 g/mol. The van der Waals surface area contributed by atoms with E-state index in [1.165, 1.54) is 0 Å². The highest BCUT2D eigenvalue weighted by Crippen LogP contribution is 2.28. The molecule has 1 fully saturated rings. The van der Waals surface area contributed by atoms with Crippen molar-refractivity contribution in [3.05, 3.63) is 35.2 Å². The summed E-state index contributed by atoms with van der Waals surface area (Å²) in [5.74, 6) is -0.165. The minimum atomic E-state index is -0.144. The third-order valence-corrected chi connectivity index (χ3v) is 5.94. The molecule has 2 aromatic rings. The Bertz CT molecular complexity index is 916. The molecule has 0 radical (unpaired) electrons. The third kappa shape index (κ3) is 6.77. The van der Waals surface area contributed by atoms with E-state index < -0.39 is 0 Å². The van der Waals surface area contributed by atoms with Gasteiger partial charge < -0.3 is 20.3 Å². The molecule has 164 valence electrons. The van der Waals surface area contributed by atoms with Crippen LogP contribution in [0.3, 0.4) is 0 Å². The van der Waals surface area contributed by atoms with Crippen LogP contribution >= 0.6 is 11.3 Å². The Labute approximate surface area is 186 Å². The lowest BCUT2D eigenvalue weighted by Gasteiger charge is -2.26. The van der Waals surface area contributed by atoms with Gasteiger partial charge in [0.25, 0.3) is 5.91 Å². The average Bonchev–Trinajstić information content (AvgIpc) is 3.28. The molecular weight excluding hydrogens is 414 g/mol. The Morgan fingerprint density at radius 2 is 2.00 bits per heavy atom. The van der Waals surface area contributed by atoms with Crippen LogP contribution in [0, 0.1) is 17.2 Å². The number of rotatable bonds is 9. The molecule has 1 atom stereocenters. The van der Waals surface area contributed by atoms with Gasteiger partial charge in [0, 0.05) is 42.6 Å². The Balaban J connectivity index is 1.46. The second-order valence-corrected chi connectivity index (χ2v) is 8.32. The van der Waals surface area contributed by atoms with E-state index in [1.54, 1.807) is 23.5 Å². The molecule has 1 aliphatic rings. The number of nitrogens with one attached hydrogen (secondary N) is 2. The van der Waals surface area contributed by atoms with E-state index in [9.17, 15) is 9.59 Å². The Kier molecular flexibility index (Phi) is 8.38. The number of thiazole rings is 1. The minimum absolute atomic E-state index is 0.0215. The van der Waals surface area contributed by atoms with Gasteiger partial charge in [-0.05, 0) is 24.5 Å². The Hall–Kier alpha value is -2.96. The van der Waals surface area contributed by atoms with Crippen molar-refractivity contribution in [3.8, 4) is 17.3 Å². The maximum atomic E-state index is 12.4. The van der Waals surface area contributed by atoms with E-state index in [1.807, 2.05) is 30.5 Å². The molecule has 1 aliphatic heterocycles. The summed E-state index contributed by atoms with van der Waals surface area (Å²) in [5.41, 5.74) is 2.47. The molecule has 3 rings (SSSR count). The molecule has 0 saturated carbocycles. The maximum absolute atomic E-state index is 12.4. The summed E-state index contributed by atoms with van der Waals surface area (Å²) in [6.45, 7) is 5.63. The van der Waals surface area contributed by atoms with Crippen molar-refractivity contribution >= 4 is 28.3 Å². The first-order valence-corrected chi connectivity index (χ1v) is 11.3. The van der Waals surface area contributed by atoms with Crippen molar-refractivity contribution in [1.82, 2.24) is 15.6 Å². The predicted molar refractivity (Wildman–Crippen MR) is 120 cm³/mol. The number of nitriles is 1. The highest BCUT2D eigenvalue weighted by molar-refractivity contribution is 7.14. The highest BCUT2D eigenvalue weighted by Gasteiger charge is 2.15. The van der Waals surface area contributed by atoms with Gasteiger partial charge in [-0.3, -0.25) is 9.59 Å². The van der Waals surface area contributed by atoms with Crippen molar-refractivity contribution in [2.75, 3.05) is 44.3 Å². The highest BCUT2D eigenvalue weighted by atomic mass is 32.1. The van der Waals surface area contributed by atoms with Crippen LogP contribution in [0.15, 0.2) is 29.6 Å². The van der Waals surface area contributed by atoms with Gasteiger partial charge in [-0.15, -0.1) is 11.3 Å². The van der Waals surface area contributed by atoms with Crippen LogP contribution in [0.1, 0.15) is 30.1 Å². The first kappa shape index (κ1) is 22.7. The largest absolute Gasteiger partial charge is 0.378 e. The van der Waals surface area contributed by atoms with Crippen LogP contribution in [-0.4, -0.2) is 56.2 Å². The molecule has 8 nitrogen and oxygen atoms in total. The second kappa shape index (κ2) is 11.4. The van der Waals surface area contributed by atoms with Crippen LogP contribution in [0.25, 0.3) is 11.3 Å². The number of hydrogen-bond donors (Lipinski definition) is 2. The molecule has 1 unspecified atom stereocenters.